The van der Waals surface area contributed by atoms with Crippen molar-refractivity contribution in [2.24, 2.45) is 11.8 Å². The maximum atomic E-state index is 12.4. The highest BCUT2D eigenvalue weighted by Gasteiger charge is 2.25. The quantitative estimate of drug-likeness (QED) is 0.780. The van der Waals surface area contributed by atoms with Gasteiger partial charge in [-0.3, -0.25) is 9.89 Å². The van der Waals surface area contributed by atoms with Crippen molar-refractivity contribution in [3.8, 4) is 11.4 Å². The summed E-state index contributed by atoms with van der Waals surface area (Å²) in [5.74, 6) is 2.44. The maximum absolute atomic E-state index is 12.4. The fourth-order valence-electron chi connectivity index (χ4n) is 3.13. The second-order valence-corrected chi connectivity index (χ2v) is 8.37. The lowest BCUT2D eigenvalue weighted by molar-refractivity contribution is -0.130. The zero-order valence-corrected chi connectivity index (χ0v) is 16.2. The SMILES string of the molecule is C[C@H]1C[C@H](C)CN(C(=O)CSc2n[nH]c(-c3ccc(Br)cc3)n2)C1. The number of thioether (sulfide) groups is 1. The molecule has 2 atom stereocenters. The van der Waals surface area contributed by atoms with Crippen LogP contribution in [0, 0.1) is 11.8 Å². The number of likely N-dealkylation sites (tertiary alicyclic amines) is 1. The summed E-state index contributed by atoms with van der Waals surface area (Å²) in [5, 5.41) is 7.75. The number of hydrogen-bond acceptors (Lipinski definition) is 4. The van der Waals surface area contributed by atoms with Crippen LogP contribution in [-0.2, 0) is 4.79 Å². The molecule has 7 heteroatoms. The fraction of sp³-hybridized carbons (Fsp3) is 0.471. The minimum Gasteiger partial charge on any atom is -0.341 e. The first-order valence-electron chi connectivity index (χ1n) is 8.10. The van der Waals surface area contributed by atoms with Crippen molar-refractivity contribution < 1.29 is 4.79 Å². The average molecular weight is 409 g/mol. The van der Waals surface area contributed by atoms with E-state index in [1.54, 1.807) is 0 Å². The van der Waals surface area contributed by atoms with Crippen LogP contribution in [0.15, 0.2) is 33.9 Å². The number of carbonyl (C=O) groups excluding carboxylic acids is 1. The molecule has 24 heavy (non-hydrogen) atoms. The molecule has 1 aliphatic rings. The van der Waals surface area contributed by atoms with E-state index in [1.807, 2.05) is 29.2 Å². The summed E-state index contributed by atoms with van der Waals surface area (Å²) in [6.07, 6.45) is 1.20. The van der Waals surface area contributed by atoms with E-state index in [2.05, 4.69) is 45.0 Å². The van der Waals surface area contributed by atoms with Crippen LogP contribution in [0.1, 0.15) is 20.3 Å². The Bertz CT molecular complexity index is 693. The lowest BCUT2D eigenvalue weighted by Crippen LogP contribution is -2.43. The van der Waals surface area contributed by atoms with Crippen LogP contribution in [0.2, 0.25) is 0 Å². The van der Waals surface area contributed by atoms with E-state index in [1.165, 1.54) is 18.2 Å². The molecule has 1 amide bonds. The van der Waals surface area contributed by atoms with Gasteiger partial charge in [-0.1, -0.05) is 53.7 Å². The third-order valence-corrected chi connectivity index (χ3v) is 5.49. The summed E-state index contributed by atoms with van der Waals surface area (Å²) < 4.78 is 1.02. The maximum Gasteiger partial charge on any atom is 0.233 e. The second-order valence-electron chi connectivity index (χ2n) is 6.51. The first-order chi connectivity index (χ1) is 11.5. The van der Waals surface area contributed by atoms with Crippen molar-refractivity contribution in [3.05, 3.63) is 28.7 Å². The van der Waals surface area contributed by atoms with Gasteiger partial charge in [0.25, 0.3) is 0 Å². The molecule has 128 valence electrons. The summed E-state index contributed by atoms with van der Waals surface area (Å²) >= 11 is 4.81. The number of aromatic nitrogens is 3. The number of amides is 1. The smallest absolute Gasteiger partial charge is 0.233 e. The Morgan fingerprint density at radius 1 is 1.29 bits per heavy atom. The van der Waals surface area contributed by atoms with Gasteiger partial charge in [-0.25, -0.2) is 4.98 Å². The monoisotopic (exact) mass is 408 g/mol. The van der Waals surface area contributed by atoms with Gasteiger partial charge in [0.15, 0.2) is 5.82 Å². The molecule has 1 saturated heterocycles. The summed E-state index contributed by atoms with van der Waals surface area (Å²) in [4.78, 5) is 18.9. The van der Waals surface area contributed by atoms with E-state index >= 15 is 0 Å². The highest BCUT2D eigenvalue weighted by molar-refractivity contribution is 9.10. The summed E-state index contributed by atoms with van der Waals surface area (Å²) in [6.45, 7) is 6.15. The lowest BCUT2D eigenvalue weighted by Gasteiger charge is -2.34. The van der Waals surface area contributed by atoms with Crippen molar-refractivity contribution in [1.29, 1.82) is 0 Å². The molecule has 0 saturated carbocycles. The Hall–Kier alpha value is -1.34. The Labute approximate surface area is 154 Å². The van der Waals surface area contributed by atoms with Crippen molar-refractivity contribution >= 4 is 33.6 Å². The fourth-order valence-corrected chi connectivity index (χ4v) is 4.10. The third-order valence-electron chi connectivity index (χ3n) is 4.13. The highest BCUT2D eigenvalue weighted by Crippen LogP contribution is 2.24. The second kappa shape index (κ2) is 7.70. The molecule has 0 spiro atoms. The Kier molecular flexibility index (Phi) is 5.61. The summed E-state index contributed by atoms with van der Waals surface area (Å²) in [7, 11) is 0. The van der Waals surface area contributed by atoms with Crippen LogP contribution >= 0.6 is 27.7 Å². The van der Waals surface area contributed by atoms with E-state index in [4.69, 9.17) is 0 Å². The molecule has 2 aromatic rings. The molecule has 1 aromatic carbocycles. The van der Waals surface area contributed by atoms with E-state index in [-0.39, 0.29) is 5.91 Å². The van der Waals surface area contributed by atoms with E-state index < -0.39 is 0 Å². The zero-order valence-electron chi connectivity index (χ0n) is 13.8. The van der Waals surface area contributed by atoms with Gasteiger partial charge >= 0.3 is 0 Å². The van der Waals surface area contributed by atoms with E-state index in [0.29, 0.717) is 22.7 Å². The number of nitrogens with one attached hydrogen (secondary N) is 1. The molecule has 3 rings (SSSR count). The van der Waals surface area contributed by atoms with Gasteiger partial charge in [-0.15, -0.1) is 5.10 Å². The van der Waals surface area contributed by atoms with Gasteiger partial charge < -0.3 is 4.90 Å². The summed E-state index contributed by atoms with van der Waals surface area (Å²) in [6, 6.07) is 7.88. The number of H-pyrrole nitrogens is 1. The highest BCUT2D eigenvalue weighted by atomic mass is 79.9. The molecular weight excluding hydrogens is 388 g/mol. The van der Waals surface area contributed by atoms with Crippen molar-refractivity contribution in [2.75, 3.05) is 18.8 Å². The molecule has 0 radical (unpaired) electrons. The van der Waals surface area contributed by atoms with Gasteiger partial charge in [0, 0.05) is 23.1 Å². The van der Waals surface area contributed by atoms with Crippen molar-refractivity contribution in [3.63, 3.8) is 0 Å². The molecule has 0 aliphatic carbocycles. The minimum absolute atomic E-state index is 0.174. The standard InChI is InChI=1S/C17H21BrN4OS/c1-11-7-12(2)9-22(8-11)15(23)10-24-17-19-16(20-21-17)13-3-5-14(18)6-4-13/h3-6,11-12H,7-10H2,1-2H3,(H,19,20,21)/t11-,12-/m0/s1. The normalized spacial score (nSPS) is 21.0. The van der Waals surface area contributed by atoms with Crippen LogP contribution in [0.4, 0.5) is 0 Å². The van der Waals surface area contributed by atoms with Gasteiger partial charge in [0.2, 0.25) is 11.1 Å². The largest absolute Gasteiger partial charge is 0.341 e. The zero-order chi connectivity index (χ0) is 17.1. The van der Waals surface area contributed by atoms with Gasteiger partial charge in [-0.05, 0) is 30.4 Å². The number of nitrogens with zero attached hydrogens (tertiary/aromatic N) is 3. The van der Waals surface area contributed by atoms with Crippen LogP contribution in [-0.4, -0.2) is 44.8 Å². The summed E-state index contributed by atoms with van der Waals surface area (Å²) in [5.41, 5.74) is 0.975. The molecule has 5 nitrogen and oxygen atoms in total. The third kappa shape index (κ3) is 4.39. The molecule has 1 N–H and O–H groups in total. The number of rotatable bonds is 4. The number of piperidine rings is 1. The molecule has 0 unspecified atom stereocenters. The van der Waals surface area contributed by atoms with Gasteiger partial charge in [-0.2, -0.15) is 0 Å². The molecule has 1 aromatic heterocycles. The molecule has 2 heterocycles. The topological polar surface area (TPSA) is 61.9 Å². The van der Waals surface area contributed by atoms with Gasteiger partial charge in [0.1, 0.15) is 0 Å². The molecule has 1 fully saturated rings. The van der Waals surface area contributed by atoms with Crippen LogP contribution in [0.5, 0.6) is 0 Å². The first kappa shape index (κ1) is 17.5. The predicted octanol–water partition coefficient (Wildman–Crippen LogP) is 3.83. The number of hydrogen-bond donors (Lipinski definition) is 1. The van der Waals surface area contributed by atoms with Gasteiger partial charge in [0.05, 0.1) is 5.75 Å². The van der Waals surface area contributed by atoms with Crippen molar-refractivity contribution in [2.45, 2.75) is 25.4 Å². The minimum atomic E-state index is 0.174. The first-order valence-corrected chi connectivity index (χ1v) is 9.88. The van der Waals surface area contributed by atoms with Crippen LogP contribution < -0.4 is 0 Å². The lowest BCUT2D eigenvalue weighted by atomic mass is 9.92. The van der Waals surface area contributed by atoms with E-state index in [0.717, 1.165) is 29.0 Å². The Balaban J connectivity index is 1.57. The van der Waals surface area contributed by atoms with Crippen LogP contribution in [0.3, 0.4) is 0 Å². The van der Waals surface area contributed by atoms with Crippen molar-refractivity contribution in [1.82, 2.24) is 20.1 Å². The molecular formula is C17H21BrN4OS. The van der Waals surface area contributed by atoms with Crippen LogP contribution in [0.25, 0.3) is 11.4 Å². The predicted molar refractivity (Wildman–Crippen MR) is 99.8 cm³/mol. The Morgan fingerprint density at radius 2 is 1.96 bits per heavy atom. The number of halogens is 1. The Morgan fingerprint density at radius 3 is 2.62 bits per heavy atom. The number of benzene rings is 1. The molecule has 1 aliphatic heterocycles. The number of carbonyl (C=O) groups is 1. The average Bonchev–Trinajstić information content (AvgIpc) is 3.01. The van der Waals surface area contributed by atoms with E-state index in [9.17, 15) is 4.79 Å². The number of aromatic amines is 1. The molecule has 0 bridgehead atoms.